The van der Waals surface area contributed by atoms with E-state index < -0.39 is 6.03 Å². The normalized spacial score (nSPS) is 19.7. The summed E-state index contributed by atoms with van der Waals surface area (Å²) in [6, 6.07) is 6.84. The van der Waals surface area contributed by atoms with Crippen LogP contribution in [0.15, 0.2) is 30.3 Å². The maximum atomic E-state index is 13.1. The number of nitrogens with one attached hydrogen (secondary N) is 1. The van der Waals surface area contributed by atoms with Gasteiger partial charge in [-0.1, -0.05) is 0 Å². The number of rotatable bonds is 3. The minimum Gasteiger partial charge on any atom is -0.335 e. The second-order valence-corrected chi connectivity index (χ2v) is 6.66. The van der Waals surface area contributed by atoms with Gasteiger partial charge in [-0.05, 0) is 36.8 Å². The molecule has 0 saturated carbocycles. The minimum absolute atomic E-state index is 0.00599. The molecule has 27 heavy (non-hydrogen) atoms. The van der Waals surface area contributed by atoms with E-state index in [4.69, 9.17) is 0 Å². The van der Waals surface area contributed by atoms with Gasteiger partial charge < -0.3 is 10.2 Å². The second-order valence-electron chi connectivity index (χ2n) is 6.66. The average molecular weight is 371 g/mol. The van der Waals surface area contributed by atoms with Crippen LogP contribution in [-0.2, 0) is 11.8 Å². The highest BCUT2D eigenvalue weighted by Crippen LogP contribution is 2.23. The van der Waals surface area contributed by atoms with Crippen LogP contribution in [0, 0.1) is 5.82 Å². The van der Waals surface area contributed by atoms with Crippen molar-refractivity contribution in [3.05, 3.63) is 41.8 Å². The zero-order chi connectivity index (χ0) is 19.1. The molecule has 0 bridgehead atoms. The third-order valence-corrected chi connectivity index (χ3v) is 4.93. The number of carbonyl (C=O) groups excluding carboxylic acids is 3. The van der Waals surface area contributed by atoms with Gasteiger partial charge in [-0.15, -0.1) is 0 Å². The fourth-order valence-corrected chi connectivity index (χ4v) is 3.53. The molecule has 2 aliphatic heterocycles. The lowest BCUT2D eigenvalue weighted by molar-refractivity contribution is -0.126. The highest BCUT2D eigenvalue weighted by molar-refractivity contribution is 6.02. The monoisotopic (exact) mass is 371 g/mol. The van der Waals surface area contributed by atoms with E-state index in [9.17, 15) is 18.8 Å². The van der Waals surface area contributed by atoms with Gasteiger partial charge >= 0.3 is 6.03 Å². The molecule has 0 radical (unpaired) electrons. The zero-order valence-electron chi connectivity index (χ0n) is 14.7. The van der Waals surface area contributed by atoms with Gasteiger partial charge in [-0.3, -0.25) is 19.2 Å². The van der Waals surface area contributed by atoms with Crippen LogP contribution in [0.3, 0.4) is 0 Å². The number of benzene rings is 1. The Hall–Kier alpha value is -3.23. The molecule has 1 aromatic carbocycles. The first-order chi connectivity index (χ1) is 12.9. The molecule has 0 spiro atoms. The van der Waals surface area contributed by atoms with Crippen molar-refractivity contribution in [1.82, 2.24) is 24.9 Å². The van der Waals surface area contributed by atoms with Gasteiger partial charge in [0.05, 0.1) is 18.3 Å². The van der Waals surface area contributed by atoms with E-state index in [1.54, 1.807) is 30.1 Å². The summed E-state index contributed by atoms with van der Waals surface area (Å²) in [5, 5.41) is 6.84. The van der Waals surface area contributed by atoms with Crippen LogP contribution in [0.25, 0.3) is 11.3 Å². The molecule has 2 fully saturated rings. The van der Waals surface area contributed by atoms with E-state index in [0.717, 1.165) is 0 Å². The first-order valence-electron chi connectivity index (χ1n) is 8.63. The smallest absolute Gasteiger partial charge is 0.324 e. The minimum atomic E-state index is -0.404. The highest BCUT2D eigenvalue weighted by atomic mass is 19.1. The molecule has 2 saturated heterocycles. The van der Waals surface area contributed by atoms with Gasteiger partial charge in [-0.25, -0.2) is 9.18 Å². The molecule has 2 aromatic rings. The largest absolute Gasteiger partial charge is 0.335 e. The van der Waals surface area contributed by atoms with E-state index in [2.05, 4.69) is 10.4 Å². The lowest BCUT2D eigenvalue weighted by Gasteiger charge is -2.21. The van der Waals surface area contributed by atoms with Crippen LogP contribution in [0.2, 0.25) is 0 Å². The third kappa shape index (κ3) is 3.05. The fourth-order valence-electron chi connectivity index (χ4n) is 3.53. The van der Waals surface area contributed by atoms with E-state index in [1.165, 1.54) is 21.7 Å². The van der Waals surface area contributed by atoms with Gasteiger partial charge in [0.25, 0.3) is 5.91 Å². The van der Waals surface area contributed by atoms with Gasteiger partial charge in [-0.2, -0.15) is 5.10 Å². The summed E-state index contributed by atoms with van der Waals surface area (Å²) in [6.07, 6.45) is 0.549. The Morgan fingerprint density at radius 2 is 2.00 bits per heavy atom. The van der Waals surface area contributed by atoms with E-state index >= 15 is 0 Å². The van der Waals surface area contributed by atoms with Crippen molar-refractivity contribution >= 4 is 17.8 Å². The molecule has 4 amide bonds. The fraction of sp³-hybridized carbons (Fsp3) is 0.333. The summed E-state index contributed by atoms with van der Waals surface area (Å²) >= 11 is 0. The van der Waals surface area contributed by atoms with Crippen LogP contribution >= 0.6 is 0 Å². The maximum absolute atomic E-state index is 13.1. The number of hydrogen-bond acceptors (Lipinski definition) is 4. The molecule has 1 N–H and O–H groups in total. The molecule has 140 valence electrons. The van der Waals surface area contributed by atoms with Crippen molar-refractivity contribution in [2.24, 2.45) is 7.05 Å². The summed E-state index contributed by atoms with van der Waals surface area (Å²) in [4.78, 5) is 39.4. The Balaban J connectivity index is 1.51. The molecule has 1 atom stereocenters. The van der Waals surface area contributed by atoms with Gasteiger partial charge in [0.1, 0.15) is 11.5 Å². The number of likely N-dealkylation sites (tertiary alicyclic amines) is 1. The molecular formula is C18H18FN5O3. The van der Waals surface area contributed by atoms with E-state index in [-0.39, 0.29) is 30.2 Å². The Bertz CT molecular complexity index is 908. The maximum Gasteiger partial charge on any atom is 0.324 e. The number of imide groups is 1. The van der Waals surface area contributed by atoms with Crippen LogP contribution in [0.1, 0.15) is 16.9 Å². The number of urea groups is 1. The number of aromatic nitrogens is 2. The lowest BCUT2D eigenvalue weighted by Crippen LogP contribution is -2.43. The molecule has 8 nitrogen and oxygen atoms in total. The number of carbonyl (C=O) groups is 3. The molecule has 1 aromatic heterocycles. The zero-order valence-corrected chi connectivity index (χ0v) is 14.7. The average Bonchev–Trinajstić information content (AvgIpc) is 3.34. The topological polar surface area (TPSA) is 87.5 Å². The van der Waals surface area contributed by atoms with Crippen molar-refractivity contribution in [2.75, 3.05) is 19.6 Å². The van der Waals surface area contributed by atoms with Gasteiger partial charge in [0.2, 0.25) is 5.91 Å². The van der Waals surface area contributed by atoms with E-state index in [1.807, 2.05) is 0 Å². The molecule has 1 unspecified atom stereocenters. The molecule has 3 heterocycles. The number of hydrogen-bond donors (Lipinski definition) is 1. The molecule has 0 aliphatic carbocycles. The molecule has 4 rings (SSSR count). The summed E-state index contributed by atoms with van der Waals surface area (Å²) in [6.45, 7) is 0.763. The number of aryl methyl sites for hydroxylation is 1. The van der Waals surface area contributed by atoms with E-state index in [0.29, 0.717) is 36.5 Å². The molecular weight excluding hydrogens is 353 g/mol. The van der Waals surface area contributed by atoms with Gasteiger partial charge in [0.15, 0.2) is 0 Å². The Labute approximate surface area is 154 Å². The predicted octanol–water partition coefficient (Wildman–Crippen LogP) is 0.992. The number of halogens is 1. The summed E-state index contributed by atoms with van der Waals surface area (Å²) in [5.41, 5.74) is 1.68. The number of amides is 4. The van der Waals surface area contributed by atoms with Crippen molar-refractivity contribution in [3.8, 4) is 11.3 Å². The standard InChI is InChI=1S/C18H18FN5O3/c1-22-15(8-14(21-22)11-2-4-12(19)5-3-11)17(26)23-7-6-13(10-23)24-16(25)9-20-18(24)27/h2-5,8,13H,6-7,9-10H2,1H3,(H,20,27). The molecule has 9 heteroatoms. The summed E-state index contributed by atoms with van der Waals surface area (Å²) in [5.74, 6) is -0.819. The van der Waals surface area contributed by atoms with Crippen LogP contribution in [0.5, 0.6) is 0 Å². The SMILES string of the molecule is Cn1nc(-c2ccc(F)cc2)cc1C(=O)N1CCC(N2C(=O)CNC2=O)C1. The predicted molar refractivity (Wildman–Crippen MR) is 93.2 cm³/mol. The lowest BCUT2D eigenvalue weighted by atomic mass is 10.1. The highest BCUT2D eigenvalue weighted by Gasteiger charge is 2.40. The Morgan fingerprint density at radius 3 is 2.67 bits per heavy atom. The van der Waals surface area contributed by atoms with Crippen molar-refractivity contribution in [2.45, 2.75) is 12.5 Å². The number of nitrogens with zero attached hydrogens (tertiary/aromatic N) is 4. The quantitative estimate of drug-likeness (QED) is 0.816. The van der Waals surface area contributed by atoms with Crippen molar-refractivity contribution in [1.29, 1.82) is 0 Å². The molecule has 2 aliphatic rings. The second kappa shape index (κ2) is 6.49. The van der Waals surface area contributed by atoms with Gasteiger partial charge in [0, 0.05) is 25.7 Å². The van der Waals surface area contributed by atoms with Crippen LogP contribution < -0.4 is 5.32 Å². The van der Waals surface area contributed by atoms with Crippen molar-refractivity contribution in [3.63, 3.8) is 0 Å². The van der Waals surface area contributed by atoms with Crippen LogP contribution in [-0.4, -0.2) is 63.1 Å². The van der Waals surface area contributed by atoms with Crippen LogP contribution in [0.4, 0.5) is 9.18 Å². The Kier molecular flexibility index (Phi) is 4.14. The first-order valence-corrected chi connectivity index (χ1v) is 8.63. The first kappa shape index (κ1) is 17.2. The van der Waals surface area contributed by atoms with Crippen molar-refractivity contribution < 1.29 is 18.8 Å². The third-order valence-electron chi connectivity index (χ3n) is 4.93. The summed E-state index contributed by atoms with van der Waals surface area (Å²) in [7, 11) is 1.67. The summed E-state index contributed by atoms with van der Waals surface area (Å²) < 4.78 is 14.6. The Morgan fingerprint density at radius 1 is 1.26 bits per heavy atom.